The van der Waals surface area contributed by atoms with E-state index in [-0.39, 0.29) is 5.56 Å². The third kappa shape index (κ3) is 2.34. The number of aromatic amines is 1. The SMILES string of the molecule is O=C(O)c1ccc2nc(-c3ccc(-n4ccnc4)nc3)[nH]c2c1. The van der Waals surface area contributed by atoms with Crippen molar-refractivity contribution < 1.29 is 9.90 Å². The van der Waals surface area contributed by atoms with Crippen LogP contribution in [-0.4, -0.2) is 35.6 Å². The van der Waals surface area contributed by atoms with Gasteiger partial charge in [-0.05, 0) is 30.3 Å². The van der Waals surface area contributed by atoms with Crippen molar-refractivity contribution in [2.24, 2.45) is 0 Å². The van der Waals surface area contributed by atoms with Crippen molar-refractivity contribution in [1.29, 1.82) is 0 Å². The van der Waals surface area contributed by atoms with Crippen LogP contribution in [0.1, 0.15) is 10.4 Å². The Balaban J connectivity index is 1.72. The van der Waals surface area contributed by atoms with Crippen molar-refractivity contribution >= 4 is 17.0 Å². The summed E-state index contributed by atoms with van der Waals surface area (Å²) in [6, 6.07) is 8.56. The molecule has 4 aromatic rings. The largest absolute Gasteiger partial charge is 0.478 e. The lowest BCUT2D eigenvalue weighted by Gasteiger charge is -2.01. The lowest BCUT2D eigenvalue weighted by Crippen LogP contribution is -1.94. The van der Waals surface area contributed by atoms with Crippen LogP contribution in [0.5, 0.6) is 0 Å². The number of imidazole rings is 2. The average molecular weight is 305 g/mol. The highest BCUT2D eigenvalue weighted by atomic mass is 16.4. The number of H-pyrrole nitrogens is 1. The van der Waals surface area contributed by atoms with Crippen LogP contribution in [0.3, 0.4) is 0 Å². The summed E-state index contributed by atoms with van der Waals surface area (Å²) in [7, 11) is 0. The summed E-state index contributed by atoms with van der Waals surface area (Å²) in [6.07, 6.45) is 6.90. The van der Waals surface area contributed by atoms with E-state index in [1.807, 2.05) is 22.9 Å². The van der Waals surface area contributed by atoms with Crippen LogP contribution in [0.2, 0.25) is 0 Å². The van der Waals surface area contributed by atoms with Gasteiger partial charge in [-0.15, -0.1) is 0 Å². The predicted molar refractivity (Wildman–Crippen MR) is 83.4 cm³/mol. The van der Waals surface area contributed by atoms with E-state index in [9.17, 15) is 4.79 Å². The molecule has 0 aliphatic carbocycles. The standard InChI is InChI=1S/C16H11N5O2/c22-16(23)10-1-3-12-13(7-10)20-15(19-12)11-2-4-14(18-8-11)21-6-5-17-9-21/h1-9H,(H,19,20)(H,22,23). The number of aromatic nitrogens is 5. The molecule has 3 aromatic heterocycles. The lowest BCUT2D eigenvalue weighted by atomic mass is 10.2. The molecule has 0 saturated heterocycles. The smallest absolute Gasteiger partial charge is 0.335 e. The molecule has 1 aromatic carbocycles. The number of benzene rings is 1. The first-order chi connectivity index (χ1) is 11.2. The predicted octanol–water partition coefficient (Wildman–Crippen LogP) is 2.51. The molecule has 0 atom stereocenters. The maximum Gasteiger partial charge on any atom is 0.335 e. The van der Waals surface area contributed by atoms with E-state index in [4.69, 9.17) is 5.11 Å². The summed E-state index contributed by atoms with van der Waals surface area (Å²) < 4.78 is 1.81. The Morgan fingerprint density at radius 3 is 2.83 bits per heavy atom. The van der Waals surface area contributed by atoms with Crippen LogP contribution in [0, 0.1) is 0 Å². The summed E-state index contributed by atoms with van der Waals surface area (Å²) >= 11 is 0. The fourth-order valence-electron chi connectivity index (χ4n) is 2.35. The Morgan fingerprint density at radius 1 is 1.22 bits per heavy atom. The van der Waals surface area contributed by atoms with Crippen LogP contribution in [-0.2, 0) is 0 Å². The number of carbonyl (C=O) groups is 1. The maximum absolute atomic E-state index is 11.0. The number of nitrogens with zero attached hydrogens (tertiary/aromatic N) is 4. The van der Waals surface area contributed by atoms with Gasteiger partial charge in [0.2, 0.25) is 0 Å². The van der Waals surface area contributed by atoms with Gasteiger partial charge in [-0.2, -0.15) is 0 Å². The summed E-state index contributed by atoms with van der Waals surface area (Å²) in [5.41, 5.74) is 2.44. The zero-order valence-electron chi connectivity index (χ0n) is 11.8. The Labute approximate surface area is 130 Å². The van der Waals surface area contributed by atoms with E-state index in [1.54, 1.807) is 30.9 Å². The van der Waals surface area contributed by atoms with Crippen molar-refractivity contribution in [1.82, 2.24) is 24.5 Å². The first-order valence-corrected chi connectivity index (χ1v) is 6.88. The van der Waals surface area contributed by atoms with E-state index in [0.717, 1.165) is 11.4 Å². The average Bonchev–Trinajstić information content (AvgIpc) is 3.23. The van der Waals surface area contributed by atoms with Crippen molar-refractivity contribution in [2.45, 2.75) is 0 Å². The second-order valence-corrected chi connectivity index (χ2v) is 5.00. The molecular formula is C16H11N5O2. The number of nitrogens with one attached hydrogen (secondary N) is 1. The number of aromatic carboxylic acids is 1. The van der Waals surface area contributed by atoms with Gasteiger partial charge in [0.05, 0.1) is 16.6 Å². The molecule has 0 fully saturated rings. The third-order valence-corrected chi connectivity index (χ3v) is 3.52. The minimum atomic E-state index is -0.964. The summed E-state index contributed by atoms with van der Waals surface area (Å²) in [4.78, 5) is 27.0. The zero-order chi connectivity index (χ0) is 15.8. The zero-order valence-corrected chi connectivity index (χ0v) is 11.8. The third-order valence-electron chi connectivity index (χ3n) is 3.52. The fourth-order valence-corrected chi connectivity index (χ4v) is 2.35. The molecular weight excluding hydrogens is 294 g/mol. The second kappa shape index (κ2) is 5.06. The van der Waals surface area contributed by atoms with Gasteiger partial charge < -0.3 is 10.1 Å². The summed E-state index contributed by atoms with van der Waals surface area (Å²) in [5, 5.41) is 9.04. The highest BCUT2D eigenvalue weighted by Crippen LogP contribution is 2.21. The van der Waals surface area contributed by atoms with Crippen LogP contribution in [0.15, 0.2) is 55.2 Å². The molecule has 7 nitrogen and oxygen atoms in total. The summed E-state index contributed by atoms with van der Waals surface area (Å²) in [6.45, 7) is 0. The molecule has 3 heterocycles. The van der Waals surface area contributed by atoms with Crippen molar-refractivity contribution in [3.63, 3.8) is 0 Å². The minimum absolute atomic E-state index is 0.223. The number of carboxylic acids is 1. The molecule has 0 spiro atoms. The van der Waals surface area contributed by atoms with Crippen molar-refractivity contribution in [3.05, 3.63) is 60.8 Å². The molecule has 0 bridgehead atoms. The maximum atomic E-state index is 11.0. The monoisotopic (exact) mass is 305 g/mol. The van der Waals surface area contributed by atoms with E-state index >= 15 is 0 Å². The number of rotatable bonds is 3. The number of carboxylic acid groups (broad SMARTS) is 1. The second-order valence-electron chi connectivity index (χ2n) is 5.00. The van der Waals surface area contributed by atoms with E-state index in [2.05, 4.69) is 19.9 Å². The molecule has 0 amide bonds. The van der Waals surface area contributed by atoms with Crippen LogP contribution in [0.4, 0.5) is 0 Å². The highest BCUT2D eigenvalue weighted by molar-refractivity contribution is 5.92. The quantitative estimate of drug-likeness (QED) is 0.606. The van der Waals surface area contributed by atoms with E-state index < -0.39 is 5.97 Å². The molecule has 0 saturated carbocycles. The molecule has 0 aliphatic heterocycles. The Kier molecular flexibility index (Phi) is 2.90. The molecule has 0 unspecified atom stereocenters. The van der Waals surface area contributed by atoms with E-state index in [1.165, 1.54) is 6.07 Å². The van der Waals surface area contributed by atoms with Gasteiger partial charge in [0.25, 0.3) is 0 Å². The summed E-state index contributed by atoms with van der Waals surface area (Å²) in [5.74, 6) is 0.442. The number of hydrogen-bond acceptors (Lipinski definition) is 4. The van der Waals surface area contributed by atoms with Crippen LogP contribution >= 0.6 is 0 Å². The normalized spacial score (nSPS) is 11.0. The Bertz CT molecular complexity index is 987. The molecule has 7 heteroatoms. The van der Waals surface area contributed by atoms with E-state index in [0.29, 0.717) is 16.9 Å². The molecule has 0 radical (unpaired) electrons. The topological polar surface area (TPSA) is 96.7 Å². The van der Waals surface area contributed by atoms with Gasteiger partial charge in [0, 0.05) is 24.2 Å². The van der Waals surface area contributed by atoms with Gasteiger partial charge in [-0.25, -0.2) is 19.7 Å². The van der Waals surface area contributed by atoms with Crippen LogP contribution < -0.4 is 0 Å². The van der Waals surface area contributed by atoms with Gasteiger partial charge in [0.1, 0.15) is 18.0 Å². The lowest BCUT2D eigenvalue weighted by molar-refractivity contribution is 0.0697. The fraction of sp³-hybridized carbons (Fsp3) is 0. The molecule has 23 heavy (non-hydrogen) atoms. The van der Waals surface area contributed by atoms with Crippen LogP contribution in [0.25, 0.3) is 28.2 Å². The van der Waals surface area contributed by atoms with Gasteiger partial charge in [-0.3, -0.25) is 4.57 Å². The minimum Gasteiger partial charge on any atom is -0.478 e. The van der Waals surface area contributed by atoms with Crippen molar-refractivity contribution in [3.8, 4) is 17.2 Å². The first kappa shape index (κ1) is 13.2. The van der Waals surface area contributed by atoms with Gasteiger partial charge in [-0.1, -0.05) is 0 Å². The molecule has 2 N–H and O–H groups in total. The highest BCUT2D eigenvalue weighted by Gasteiger charge is 2.09. The molecule has 0 aliphatic rings. The number of fused-ring (bicyclic) bond motifs is 1. The van der Waals surface area contributed by atoms with Crippen molar-refractivity contribution in [2.75, 3.05) is 0 Å². The molecule has 4 rings (SSSR count). The Hall–Kier alpha value is -3.48. The molecule has 112 valence electrons. The number of pyridine rings is 1. The van der Waals surface area contributed by atoms with Gasteiger partial charge in [0.15, 0.2) is 0 Å². The van der Waals surface area contributed by atoms with Gasteiger partial charge >= 0.3 is 5.97 Å². The first-order valence-electron chi connectivity index (χ1n) is 6.88. The number of hydrogen-bond donors (Lipinski definition) is 2. The Morgan fingerprint density at radius 2 is 2.13 bits per heavy atom.